The molecule has 110 valence electrons. The summed E-state index contributed by atoms with van der Waals surface area (Å²) in [5, 5.41) is 6.67. The van der Waals surface area contributed by atoms with E-state index in [0.29, 0.717) is 0 Å². The molecule has 0 saturated heterocycles. The molecule has 0 amide bonds. The van der Waals surface area contributed by atoms with Crippen molar-refractivity contribution in [3.63, 3.8) is 0 Å². The van der Waals surface area contributed by atoms with Crippen LogP contribution in [0.5, 0.6) is 0 Å². The van der Waals surface area contributed by atoms with E-state index in [0.717, 1.165) is 33.9 Å². The number of rotatable bonds is 3. The molecule has 1 heterocycles. The number of hydrogen-bond donors (Lipinski definition) is 0. The largest absolute Gasteiger partial charge is 0.233 e. The summed E-state index contributed by atoms with van der Waals surface area (Å²) in [5.74, 6) is 0. The van der Waals surface area contributed by atoms with Crippen molar-refractivity contribution in [3.05, 3.63) is 82.0 Å². The van der Waals surface area contributed by atoms with Crippen LogP contribution in [-0.2, 0) is 6.42 Å². The normalized spacial score (nSPS) is 11.8. The van der Waals surface area contributed by atoms with Crippen molar-refractivity contribution in [1.82, 2.24) is 9.78 Å². The van der Waals surface area contributed by atoms with Crippen molar-refractivity contribution in [2.45, 2.75) is 20.3 Å². The van der Waals surface area contributed by atoms with Gasteiger partial charge in [-0.1, -0.05) is 56.0 Å². The smallest absolute Gasteiger partial charge is 0.0676 e. The minimum Gasteiger partial charge on any atom is -0.233 e. The summed E-state index contributed by atoms with van der Waals surface area (Å²) in [5.41, 5.74) is 4.54. The van der Waals surface area contributed by atoms with Gasteiger partial charge in [0.05, 0.1) is 16.7 Å². The zero-order chi connectivity index (χ0) is 15.5. The van der Waals surface area contributed by atoms with Gasteiger partial charge < -0.3 is 0 Å². The van der Waals surface area contributed by atoms with Gasteiger partial charge in [0.25, 0.3) is 0 Å². The van der Waals surface area contributed by atoms with Gasteiger partial charge in [0.1, 0.15) is 0 Å². The second kappa shape index (κ2) is 6.02. The van der Waals surface area contributed by atoms with Crippen LogP contribution in [-0.4, -0.2) is 9.78 Å². The maximum absolute atomic E-state index is 4.65. The van der Waals surface area contributed by atoms with Gasteiger partial charge in [-0.15, -0.1) is 0 Å². The molecule has 0 spiro atoms. The lowest BCUT2D eigenvalue weighted by Crippen LogP contribution is -2.27. The Balaban J connectivity index is 2.10. The molecule has 0 radical (unpaired) electrons. The minimum absolute atomic E-state index is 0.922. The Morgan fingerprint density at radius 2 is 1.73 bits per heavy atom. The second-order valence-corrected chi connectivity index (χ2v) is 5.43. The summed E-state index contributed by atoms with van der Waals surface area (Å²) in [6, 6.07) is 18.8. The van der Waals surface area contributed by atoms with Crippen LogP contribution in [0.15, 0.2) is 54.6 Å². The Hall–Kier alpha value is -2.61. The van der Waals surface area contributed by atoms with Gasteiger partial charge in [-0.3, -0.25) is 0 Å². The summed E-state index contributed by atoms with van der Waals surface area (Å²) in [6.07, 6.45) is 3.18. The molecule has 0 aliphatic rings. The van der Waals surface area contributed by atoms with E-state index in [-0.39, 0.29) is 0 Å². The zero-order valence-corrected chi connectivity index (χ0v) is 13.1. The van der Waals surface area contributed by atoms with Crippen LogP contribution in [0.25, 0.3) is 18.3 Å². The van der Waals surface area contributed by atoms with Crippen LogP contribution in [0, 0.1) is 6.92 Å². The van der Waals surface area contributed by atoms with E-state index in [1.54, 1.807) is 0 Å². The van der Waals surface area contributed by atoms with Crippen molar-refractivity contribution < 1.29 is 0 Å². The van der Waals surface area contributed by atoms with Gasteiger partial charge in [-0.05, 0) is 42.7 Å². The highest BCUT2D eigenvalue weighted by atomic mass is 15.3. The van der Waals surface area contributed by atoms with E-state index in [1.165, 1.54) is 5.56 Å². The Labute approximate surface area is 131 Å². The molecule has 2 nitrogen and oxygen atoms in total. The first kappa shape index (κ1) is 14.3. The van der Waals surface area contributed by atoms with E-state index in [1.807, 2.05) is 29.8 Å². The van der Waals surface area contributed by atoms with Crippen molar-refractivity contribution in [2.75, 3.05) is 0 Å². The highest BCUT2D eigenvalue weighted by Gasteiger charge is 2.04. The first-order valence-corrected chi connectivity index (χ1v) is 7.59. The van der Waals surface area contributed by atoms with Crippen molar-refractivity contribution in [2.24, 2.45) is 0 Å². The van der Waals surface area contributed by atoms with Gasteiger partial charge in [-0.25, -0.2) is 4.68 Å². The number of aryl methyl sites for hydroxylation is 2. The molecule has 0 saturated carbocycles. The fourth-order valence-corrected chi connectivity index (χ4v) is 2.58. The van der Waals surface area contributed by atoms with E-state index < -0.39 is 0 Å². The van der Waals surface area contributed by atoms with E-state index in [4.69, 9.17) is 0 Å². The highest BCUT2D eigenvalue weighted by molar-refractivity contribution is 5.50. The molecule has 3 rings (SSSR count). The number of benzene rings is 2. The van der Waals surface area contributed by atoms with Gasteiger partial charge in [-0.2, -0.15) is 5.10 Å². The van der Waals surface area contributed by atoms with Crippen molar-refractivity contribution >= 4 is 12.7 Å². The summed E-state index contributed by atoms with van der Waals surface area (Å²) in [6.45, 7) is 8.41. The summed E-state index contributed by atoms with van der Waals surface area (Å²) >= 11 is 0. The lowest BCUT2D eigenvalue weighted by molar-refractivity contribution is 0.839. The predicted molar refractivity (Wildman–Crippen MR) is 92.5 cm³/mol. The van der Waals surface area contributed by atoms with Crippen LogP contribution >= 0.6 is 0 Å². The third-order valence-electron chi connectivity index (χ3n) is 3.91. The van der Waals surface area contributed by atoms with Gasteiger partial charge >= 0.3 is 0 Å². The highest BCUT2D eigenvalue weighted by Crippen LogP contribution is 2.07. The van der Waals surface area contributed by atoms with Crippen molar-refractivity contribution in [1.29, 1.82) is 0 Å². The SMILES string of the molecule is C=c1/c(=C/c2ccccc2)c(C)nn1-c1ccc(CC)cc1. The Bertz CT molecular complexity index is 872. The lowest BCUT2D eigenvalue weighted by Gasteiger charge is -2.03. The average molecular weight is 288 g/mol. The first-order valence-electron chi connectivity index (χ1n) is 7.59. The molecular weight excluding hydrogens is 268 g/mol. The van der Waals surface area contributed by atoms with Crippen LogP contribution < -0.4 is 10.6 Å². The van der Waals surface area contributed by atoms with Crippen LogP contribution in [0.1, 0.15) is 23.7 Å². The molecule has 1 aromatic heterocycles. The monoisotopic (exact) mass is 288 g/mol. The number of aromatic nitrogens is 2. The molecule has 2 aromatic carbocycles. The molecule has 0 bridgehead atoms. The summed E-state index contributed by atoms with van der Waals surface area (Å²) < 4.78 is 1.92. The Kier molecular flexibility index (Phi) is 3.92. The summed E-state index contributed by atoms with van der Waals surface area (Å²) in [4.78, 5) is 0. The molecule has 0 unspecified atom stereocenters. The van der Waals surface area contributed by atoms with E-state index in [2.05, 4.69) is 61.1 Å². The van der Waals surface area contributed by atoms with E-state index >= 15 is 0 Å². The molecule has 2 heteroatoms. The lowest BCUT2D eigenvalue weighted by atomic mass is 10.1. The minimum atomic E-state index is 0.922. The maximum Gasteiger partial charge on any atom is 0.0676 e. The van der Waals surface area contributed by atoms with Crippen LogP contribution in [0.4, 0.5) is 0 Å². The molecular formula is C20H20N2. The van der Waals surface area contributed by atoms with Crippen molar-refractivity contribution in [3.8, 4) is 5.69 Å². The predicted octanol–water partition coefficient (Wildman–Crippen LogP) is 2.98. The van der Waals surface area contributed by atoms with E-state index in [9.17, 15) is 0 Å². The fraction of sp³-hybridized carbons (Fsp3) is 0.150. The van der Waals surface area contributed by atoms with Gasteiger partial charge in [0.2, 0.25) is 0 Å². The van der Waals surface area contributed by atoms with Crippen LogP contribution in [0.2, 0.25) is 0 Å². The van der Waals surface area contributed by atoms with Gasteiger partial charge in [0.15, 0.2) is 0 Å². The fourth-order valence-electron chi connectivity index (χ4n) is 2.58. The molecule has 0 aliphatic carbocycles. The second-order valence-electron chi connectivity index (χ2n) is 5.43. The third kappa shape index (κ3) is 2.73. The molecule has 0 aliphatic heterocycles. The average Bonchev–Trinajstić information content (AvgIpc) is 2.84. The molecule has 3 aromatic rings. The maximum atomic E-state index is 4.65. The molecule has 0 N–H and O–H groups in total. The molecule has 22 heavy (non-hydrogen) atoms. The zero-order valence-electron chi connectivity index (χ0n) is 13.1. The Morgan fingerprint density at radius 3 is 2.36 bits per heavy atom. The molecule has 0 fully saturated rings. The van der Waals surface area contributed by atoms with Gasteiger partial charge in [0, 0.05) is 5.22 Å². The number of hydrogen-bond acceptors (Lipinski definition) is 1. The topological polar surface area (TPSA) is 17.8 Å². The quantitative estimate of drug-likeness (QED) is 0.724. The van der Waals surface area contributed by atoms with Crippen LogP contribution in [0.3, 0.4) is 0 Å². The first-order chi connectivity index (χ1) is 10.7. The molecule has 0 atom stereocenters. The number of nitrogens with zero attached hydrogens (tertiary/aromatic N) is 2. The third-order valence-corrected chi connectivity index (χ3v) is 3.91. The standard InChI is InChI=1S/C20H20N2/c1-4-17-10-12-19(13-11-17)22-16(3)20(15(2)21-22)14-18-8-6-5-7-9-18/h5-14H,3-4H2,1-2H3/b20-14+. The Morgan fingerprint density at radius 1 is 1.05 bits per heavy atom. The summed E-state index contributed by atoms with van der Waals surface area (Å²) in [7, 11) is 0.